The van der Waals surface area contributed by atoms with Crippen molar-refractivity contribution in [3.63, 3.8) is 0 Å². The van der Waals surface area contributed by atoms with Gasteiger partial charge in [0.1, 0.15) is 13.1 Å². The van der Waals surface area contributed by atoms with Crippen LogP contribution in [0, 0.1) is 0 Å². The average Bonchev–Trinajstić information content (AvgIpc) is 3.56. The highest BCUT2D eigenvalue weighted by Gasteiger charge is 2.37. The van der Waals surface area contributed by atoms with Crippen LogP contribution in [0.4, 0.5) is 5.69 Å². The van der Waals surface area contributed by atoms with Crippen molar-refractivity contribution >= 4 is 46.8 Å². The second-order valence-corrected chi connectivity index (χ2v) is 13.6. The molecule has 1 fully saturated rings. The number of rotatable bonds is 30. The SMILES string of the molecule is CNC(CC(=O)N(CC(=O)N(CCOC)CCOC)CC(=O)N(CCOC)CCOC)C(=O)CNC1CCN(C(C)C(=O)CNc2ccc(CC(N)=O)cc2)C1=O. The topological polar surface area (TPSA) is 231 Å². The van der Waals surface area contributed by atoms with Gasteiger partial charge in [-0.15, -0.1) is 0 Å². The van der Waals surface area contributed by atoms with Crippen LogP contribution in [0.1, 0.15) is 25.3 Å². The van der Waals surface area contributed by atoms with Crippen molar-refractivity contribution < 1.29 is 52.5 Å². The van der Waals surface area contributed by atoms with E-state index in [0.717, 1.165) is 10.5 Å². The van der Waals surface area contributed by atoms with Crippen LogP contribution in [0.25, 0.3) is 0 Å². The Balaban J connectivity index is 2.07. The molecule has 1 aliphatic rings. The molecule has 19 heteroatoms. The van der Waals surface area contributed by atoms with E-state index in [9.17, 15) is 33.6 Å². The summed E-state index contributed by atoms with van der Waals surface area (Å²) in [4.78, 5) is 97.3. The fourth-order valence-electron chi connectivity index (χ4n) is 6.04. The van der Waals surface area contributed by atoms with Crippen LogP contribution >= 0.6 is 0 Å². The zero-order valence-corrected chi connectivity index (χ0v) is 34.2. The van der Waals surface area contributed by atoms with Crippen LogP contribution in [0.5, 0.6) is 0 Å². The lowest BCUT2D eigenvalue weighted by Crippen LogP contribution is -2.52. The van der Waals surface area contributed by atoms with E-state index in [1.54, 1.807) is 31.2 Å². The number of Topliss-reactive ketones (excluding diaryl/α,β-unsaturated/α-hetero) is 2. The Labute approximate surface area is 335 Å². The number of hydrogen-bond acceptors (Lipinski definition) is 14. The predicted octanol–water partition coefficient (Wildman–Crippen LogP) is -2.11. The van der Waals surface area contributed by atoms with E-state index < -0.39 is 60.6 Å². The number of nitrogens with one attached hydrogen (secondary N) is 3. The molecule has 1 aromatic carbocycles. The minimum atomic E-state index is -1.00. The van der Waals surface area contributed by atoms with E-state index in [0.29, 0.717) is 18.7 Å². The van der Waals surface area contributed by atoms with Crippen LogP contribution in [-0.4, -0.2) is 200 Å². The van der Waals surface area contributed by atoms with Gasteiger partial charge < -0.3 is 54.9 Å². The quantitative estimate of drug-likeness (QED) is 0.0653. The minimum Gasteiger partial charge on any atom is -0.383 e. The summed E-state index contributed by atoms with van der Waals surface area (Å²) in [6, 6.07) is 4.51. The van der Waals surface area contributed by atoms with E-state index in [1.807, 2.05) is 0 Å². The molecule has 0 aliphatic carbocycles. The van der Waals surface area contributed by atoms with Crippen molar-refractivity contribution in [1.82, 2.24) is 30.2 Å². The molecular weight excluding hydrogens is 744 g/mol. The van der Waals surface area contributed by atoms with Gasteiger partial charge >= 0.3 is 0 Å². The van der Waals surface area contributed by atoms with Crippen molar-refractivity contribution in [2.75, 3.05) is 126 Å². The van der Waals surface area contributed by atoms with Crippen molar-refractivity contribution in [3.8, 4) is 0 Å². The first-order valence-electron chi connectivity index (χ1n) is 19.0. The first-order valence-corrected chi connectivity index (χ1v) is 19.0. The van der Waals surface area contributed by atoms with Crippen LogP contribution in [0.3, 0.4) is 0 Å². The highest BCUT2D eigenvalue weighted by Crippen LogP contribution is 2.17. The first-order chi connectivity index (χ1) is 27.3. The second-order valence-electron chi connectivity index (χ2n) is 13.6. The normalized spacial score (nSPS) is 14.9. The molecule has 3 unspecified atom stereocenters. The van der Waals surface area contributed by atoms with Gasteiger partial charge in [-0.3, -0.25) is 38.9 Å². The van der Waals surface area contributed by atoms with Crippen LogP contribution in [0.15, 0.2) is 24.3 Å². The molecule has 19 nitrogen and oxygen atoms in total. The molecule has 57 heavy (non-hydrogen) atoms. The highest BCUT2D eigenvalue weighted by atomic mass is 16.5. The molecule has 5 amide bonds. The second kappa shape index (κ2) is 26.4. The monoisotopic (exact) mass is 806 g/mol. The van der Waals surface area contributed by atoms with Crippen LogP contribution < -0.4 is 21.7 Å². The van der Waals surface area contributed by atoms with Crippen LogP contribution in [0.2, 0.25) is 0 Å². The summed E-state index contributed by atoms with van der Waals surface area (Å²) in [6.45, 7) is 2.77. The van der Waals surface area contributed by atoms with Gasteiger partial charge in [-0.05, 0) is 38.1 Å². The number of carbonyl (C=O) groups excluding carboxylic acids is 7. The van der Waals surface area contributed by atoms with Gasteiger partial charge in [0.15, 0.2) is 11.6 Å². The molecule has 1 aromatic rings. The van der Waals surface area contributed by atoms with E-state index in [4.69, 9.17) is 24.7 Å². The number of likely N-dealkylation sites (N-methyl/N-ethyl adjacent to an activating group) is 1. The van der Waals surface area contributed by atoms with Gasteiger partial charge in [0.25, 0.3) is 0 Å². The average molecular weight is 807 g/mol. The van der Waals surface area contributed by atoms with Gasteiger partial charge in [0.2, 0.25) is 29.5 Å². The number of ketones is 2. The van der Waals surface area contributed by atoms with E-state index >= 15 is 0 Å². The summed E-state index contributed by atoms with van der Waals surface area (Å²) >= 11 is 0. The number of amides is 5. The fraction of sp³-hybridized carbons (Fsp3) is 0.658. The molecule has 0 radical (unpaired) electrons. The summed E-state index contributed by atoms with van der Waals surface area (Å²) in [5, 5.41) is 8.88. The fourth-order valence-corrected chi connectivity index (χ4v) is 6.04. The number of nitrogens with zero attached hydrogens (tertiary/aromatic N) is 4. The Morgan fingerprint density at radius 2 is 1.28 bits per heavy atom. The third-order valence-electron chi connectivity index (χ3n) is 9.58. The van der Waals surface area contributed by atoms with Crippen molar-refractivity contribution in [2.45, 2.75) is 44.3 Å². The summed E-state index contributed by atoms with van der Waals surface area (Å²) in [5.41, 5.74) is 6.66. The molecule has 0 bridgehead atoms. The van der Waals surface area contributed by atoms with Gasteiger partial charge in [-0.25, -0.2) is 0 Å². The van der Waals surface area contributed by atoms with E-state index in [2.05, 4.69) is 16.0 Å². The Morgan fingerprint density at radius 1 is 0.772 bits per heavy atom. The zero-order valence-electron chi connectivity index (χ0n) is 34.2. The van der Waals surface area contributed by atoms with E-state index in [1.165, 1.54) is 50.2 Å². The Hall–Kier alpha value is -4.53. The number of carbonyl (C=O) groups is 7. The maximum atomic E-state index is 13.8. The minimum absolute atomic E-state index is 0.0283. The van der Waals surface area contributed by atoms with Crippen LogP contribution in [-0.2, 0) is 58.9 Å². The lowest BCUT2D eigenvalue weighted by atomic mass is 10.1. The summed E-state index contributed by atoms with van der Waals surface area (Å²) in [5.74, 6) is -2.84. The molecule has 1 saturated heterocycles. The lowest BCUT2D eigenvalue weighted by Gasteiger charge is -2.30. The number of anilines is 1. The molecule has 2 rings (SSSR count). The summed E-state index contributed by atoms with van der Waals surface area (Å²) < 4.78 is 20.6. The van der Waals surface area contributed by atoms with Gasteiger partial charge in [0.05, 0.1) is 64.1 Å². The number of methoxy groups -OCH3 is 4. The maximum Gasteiger partial charge on any atom is 0.242 e. The summed E-state index contributed by atoms with van der Waals surface area (Å²) in [7, 11) is 7.54. The zero-order chi connectivity index (χ0) is 42.3. The highest BCUT2D eigenvalue weighted by molar-refractivity contribution is 5.96. The molecule has 1 aliphatic heterocycles. The number of ether oxygens (including phenoxy) is 4. The number of primary amides is 1. The van der Waals surface area contributed by atoms with Crippen molar-refractivity contribution in [3.05, 3.63) is 29.8 Å². The van der Waals surface area contributed by atoms with Gasteiger partial charge in [0, 0.05) is 73.3 Å². The molecule has 0 saturated carbocycles. The smallest absolute Gasteiger partial charge is 0.242 e. The predicted molar refractivity (Wildman–Crippen MR) is 210 cm³/mol. The molecule has 3 atom stereocenters. The largest absolute Gasteiger partial charge is 0.383 e. The molecule has 320 valence electrons. The summed E-state index contributed by atoms with van der Waals surface area (Å²) in [6.07, 6.45) is 0.118. The third kappa shape index (κ3) is 16.8. The Kier molecular flexibility index (Phi) is 22.5. The number of nitrogens with two attached hydrogens (primary N) is 1. The first kappa shape index (κ1) is 48.6. The van der Waals surface area contributed by atoms with Gasteiger partial charge in [-0.1, -0.05) is 12.1 Å². The van der Waals surface area contributed by atoms with E-state index in [-0.39, 0.29) is 90.2 Å². The standard InChI is InChI=1S/C38H62N8O11/c1-27(32(47)23-41-29-9-7-28(8-10-29)21-34(39)49)46-12-11-30(38(46)53)42-24-33(48)31(40-2)22-35(50)45(25-36(51)43(13-17-54-3)14-18-55-4)26-37(52)44(15-19-56-5)16-20-57-6/h7-10,27,30-31,40-42H,11-26H2,1-6H3,(H2,39,49). The number of benzene rings is 1. The Morgan fingerprint density at radius 3 is 1.74 bits per heavy atom. The lowest BCUT2D eigenvalue weighted by molar-refractivity contribution is -0.146. The molecule has 5 N–H and O–H groups in total. The molecule has 0 spiro atoms. The number of hydrogen-bond donors (Lipinski definition) is 4. The van der Waals surface area contributed by atoms with Gasteiger partial charge in [-0.2, -0.15) is 0 Å². The third-order valence-corrected chi connectivity index (χ3v) is 9.58. The van der Waals surface area contributed by atoms with Crippen molar-refractivity contribution in [1.29, 1.82) is 0 Å². The number of likely N-dealkylation sites (tertiary alicyclic amines) is 1. The molecular formula is C38H62N8O11. The molecule has 0 aromatic heterocycles. The molecule has 1 heterocycles. The van der Waals surface area contributed by atoms with Crippen molar-refractivity contribution in [2.24, 2.45) is 5.73 Å². The maximum absolute atomic E-state index is 13.8. The Bertz CT molecular complexity index is 1410.